The first-order valence-corrected chi connectivity index (χ1v) is 11.3. The van der Waals surface area contributed by atoms with Crippen molar-refractivity contribution in [3.63, 3.8) is 0 Å². The molecule has 8 N–H and O–H groups in total. The fraction of sp³-hybridized carbons (Fsp3) is 0. The number of amides is 6. The number of primary amides is 2. The predicted molar refractivity (Wildman–Crippen MR) is 129 cm³/mol. The highest BCUT2D eigenvalue weighted by atomic mass is 79.9. The third-order valence-corrected chi connectivity index (χ3v) is 6.67. The summed E-state index contributed by atoms with van der Waals surface area (Å²) in [6, 6.07) is 7.83. The van der Waals surface area contributed by atoms with E-state index in [0.29, 0.717) is 26.1 Å². The number of nitrogens with one attached hydrogen (secondary N) is 4. The maximum absolute atomic E-state index is 12.7. The van der Waals surface area contributed by atoms with Crippen molar-refractivity contribution >= 4 is 78.8 Å². The highest BCUT2D eigenvalue weighted by Crippen LogP contribution is 2.36. The number of carbonyl (C=O) groups is 5. The Labute approximate surface area is 202 Å². The van der Waals surface area contributed by atoms with Gasteiger partial charge in [-0.1, -0.05) is 24.3 Å². The molecule has 0 fully saturated rings. The Morgan fingerprint density at radius 1 is 0.818 bits per heavy atom. The zero-order valence-corrected chi connectivity index (χ0v) is 19.7. The van der Waals surface area contributed by atoms with E-state index in [2.05, 4.69) is 37.4 Å². The highest BCUT2D eigenvalue weighted by Gasteiger charge is 2.21. The lowest BCUT2D eigenvalue weighted by molar-refractivity contribution is 0.0848. The first-order chi connectivity index (χ1) is 15.7. The minimum Gasteiger partial charge on any atom is -0.351 e. The number of aldehydes is 1. The van der Waals surface area contributed by atoms with Crippen LogP contribution in [0.25, 0.3) is 10.4 Å². The highest BCUT2D eigenvalue weighted by molar-refractivity contribution is 9.11. The Hall–Kier alpha value is -3.75. The second-order valence-corrected chi connectivity index (χ2v) is 9.76. The second-order valence-electron chi connectivity index (χ2n) is 6.27. The summed E-state index contributed by atoms with van der Waals surface area (Å²) in [6.07, 6.45) is 0.705. The molecule has 0 unspecified atom stereocenters. The van der Waals surface area contributed by atoms with Crippen LogP contribution in [-0.2, 0) is 0 Å². The van der Waals surface area contributed by atoms with Crippen LogP contribution >= 0.6 is 38.6 Å². The van der Waals surface area contributed by atoms with E-state index in [1.54, 1.807) is 24.3 Å². The maximum Gasteiger partial charge on any atom is 0.317 e. The summed E-state index contributed by atoms with van der Waals surface area (Å²) >= 11 is 5.36. The Morgan fingerprint density at radius 2 is 1.33 bits per heavy atom. The van der Waals surface area contributed by atoms with Crippen LogP contribution in [0.1, 0.15) is 31.1 Å². The third-order valence-electron chi connectivity index (χ3n) is 4.02. The summed E-state index contributed by atoms with van der Waals surface area (Å²) in [5.41, 5.74) is 16.1. The van der Waals surface area contributed by atoms with Gasteiger partial charge in [0.1, 0.15) is 16.3 Å². The van der Waals surface area contributed by atoms with E-state index in [1.807, 2.05) is 0 Å². The van der Waals surface area contributed by atoms with Gasteiger partial charge in [-0.3, -0.25) is 35.9 Å². The Morgan fingerprint density at radius 3 is 1.85 bits per heavy atom. The van der Waals surface area contributed by atoms with Crippen LogP contribution in [0.2, 0.25) is 0 Å². The smallest absolute Gasteiger partial charge is 0.317 e. The lowest BCUT2D eigenvalue weighted by atomic mass is 10.1. The number of hydrazine groups is 1. The fourth-order valence-electron chi connectivity index (χ4n) is 2.62. The molecule has 0 bridgehead atoms. The van der Waals surface area contributed by atoms with Crippen molar-refractivity contribution in [1.82, 2.24) is 10.9 Å². The van der Waals surface area contributed by atoms with Crippen LogP contribution < -0.4 is 33.0 Å². The molecule has 0 spiro atoms. The van der Waals surface area contributed by atoms with E-state index in [-0.39, 0.29) is 21.1 Å². The van der Waals surface area contributed by atoms with E-state index in [9.17, 15) is 24.0 Å². The number of carbonyl (C=O) groups excluding carboxylic acids is 5. The van der Waals surface area contributed by atoms with Gasteiger partial charge in [-0.05, 0) is 33.6 Å². The first-order valence-electron chi connectivity index (χ1n) is 8.90. The largest absolute Gasteiger partial charge is 0.351 e. The number of hydrogen-bond donors (Lipinski definition) is 6. The zero-order valence-electron chi connectivity index (χ0n) is 16.4. The molecule has 0 aliphatic rings. The van der Waals surface area contributed by atoms with E-state index in [1.165, 1.54) is 12.1 Å². The van der Waals surface area contributed by atoms with Crippen molar-refractivity contribution in [2.75, 3.05) is 10.6 Å². The van der Waals surface area contributed by atoms with E-state index >= 15 is 0 Å². The van der Waals surface area contributed by atoms with Crippen molar-refractivity contribution in [1.29, 1.82) is 0 Å². The van der Waals surface area contributed by atoms with Crippen molar-refractivity contribution in [2.45, 2.75) is 0 Å². The zero-order chi connectivity index (χ0) is 24.1. The third kappa shape index (κ3) is 5.94. The molecule has 14 heteroatoms. The summed E-state index contributed by atoms with van der Waals surface area (Å²) in [4.78, 5) is 59.2. The number of thiophene rings is 2. The normalized spacial score (nSPS) is 10.2. The number of rotatable bonds is 6. The molecule has 2 heterocycles. The summed E-state index contributed by atoms with van der Waals surface area (Å²) in [7, 11) is 0. The SMILES string of the molecule is NC(=O)Nc1sc(Br)cc1C(=O)NNC(=O)c1cc(-c2ccc(C=O)cc2)sc1NC(N)=O. The molecule has 0 aliphatic carbocycles. The Balaban J connectivity index is 1.80. The van der Waals surface area contributed by atoms with Crippen LogP contribution in [-0.4, -0.2) is 30.2 Å². The molecule has 0 aliphatic heterocycles. The average Bonchev–Trinajstić information content (AvgIpc) is 3.34. The quantitative estimate of drug-likeness (QED) is 0.203. The van der Waals surface area contributed by atoms with Crippen LogP contribution in [0.4, 0.5) is 19.6 Å². The number of nitrogens with two attached hydrogens (primary N) is 2. The van der Waals surface area contributed by atoms with Gasteiger partial charge < -0.3 is 11.5 Å². The minimum absolute atomic E-state index is 0.0514. The standard InChI is InChI=1S/C19H15BrN6O5S2/c20-13-6-11(17(33-13)24-19(22)31)15(29)26-25-14(28)10-5-12(32-16(10)23-18(21)30)9-3-1-8(7-27)2-4-9/h1-7H,(H,25,28)(H,26,29)(H3,21,23,30)(H3,22,24,31). The van der Waals surface area contributed by atoms with Gasteiger partial charge in [0.2, 0.25) is 0 Å². The molecule has 0 atom stereocenters. The molecular weight excluding hydrogens is 536 g/mol. The van der Waals surface area contributed by atoms with E-state index in [0.717, 1.165) is 22.7 Å². The van der Waals surface area contributed by atoms with Crippen LogP contribution in [0.15, 0.2) is 40.2 Å². The number of benzene rings is 1. The summed E-state index contributed by atoms with van der Waals surface area (Å²) in [6.45, 7) is 0. The Bertz CT molecular complexity index is 1250. The fourth-order valence-corrected chi connectivity index (χ4v) is 5.18. The van der Waals surface area contributed by atoms with Gasteiger partial charge in [0.15, 0.2) is 0 Å². The van der Waals surface area contributed by atoms with Crippen molar-refractivity contribution in [3.8, 4) is 10.4 Å². The summed E-state index contributed by atoms with van der Waals surface area (Å²) < 4.78 is 0.554. The summed E-state index contributed by atoms with van der Waals surface area (Å²) in [5.74, 6) is -1.43. The first kappa shape index (κ1) is 23.9. The molecule has 1 aromatic carbocycles. The molecule has 0 saturated heterocycles. The van der Waals surface area contributed by atoms with Crippen LogP contribution in [0.3, 0.4) is 0 Å². The summed E-state index contributed by atoms with van der Waals surface area (Å²) in [5, 5.41) is 5.06. The van der Waals surface area contributed by atoms with Gasteiger partial charge in [0, 0.05) is 10.4 Å². The number of halogens is 1. The van der Waals surface area contributed by atoms with Crippen molar-refractivity contribution in [2.24, 2.45) is 11.5 Å². The molecule has 11 nitrogen and oxygen atoms in total. The predicted octanol–water partition coefficient (Wildman–Crippen LogP) is 3.11. The van der Waals surface area contributed by atoms with Gasteiger partial charge in [0.25, 0.3) is 11.8 Å². The topological polar surface area (TPSA) is 186 Å². The molecule has 170 valence electrons. The van der Waals surface area contributed by atoms with Crippen LogP contribution in [0, 0.1) is 0 Å². The van der Waals surface area contributed by atoms with Gasteiger partial charge in [-0.2, -0.15) is 0 Å². The average molecular weight is 551 g/mol. The van der Waals surface area contributed by atoms with Crippen LogP contribution in [0.5, 0.6) is 0 Å². The van der Waals surface area contributed by atoms with E-state index < -0.39 is 23.9 Å². The molecule has 2 aromatic heterocycles. The molecular formula is C19H15BrN6O5S2. The second kappa shape index (κ2) is 10.2. The lowest BCUT2D eigenvalue weighted by Crippen LogP contribution is -2.42. The molecule has 3 rings (SSSR count). The van der Waals surface area contributed by atoms with Crippen molar-refractivity contribution < 1.29 is 24.0 Å². The molecule has 0 saturated carbocycles. The van der Waals surface area contributed by atoms with Gasteiger partial charge in [-0.15, -0.1) is 22.7 Å². The van der Waals surface area contributed by atoms with Gasteiger partial charge in [-0.25, -0.2) is 9.59 Å². The van der Waals surface area contributed by atoms with Gasteiger partial charge >= 0.3 is 12.1 Å². The molecule has 6 amide bonds. The van der Waals surface area contributed by atoms with Gasteiger partial charge in [0.05, 0.1) is 14.9 Å². The Kier molecular flexibility index (Phi) is 7.42. The monoisotopic (exact) mass is 550 g/mol. The molecule has 3 aromatic rings. The molecule has 33 heavy (non-hydrogen) atoms. The maximum atomic E-state index is 12.7. The number of anilines is 2. The number of urea groups is 2. The molecule has 0 radical (unpaired) electrons. The van der Waals surface area contributed by atoms with E-state index in [4.69, 9.17) is 11.5 Å². The lowest BCUT2D eigenvalue weighted by Gasteiger charge is -2.08. The van der Waals surface area contributed by atoms with Crippen molar-refractivity contribution in [3.05, 3.63) is 56.9 Å². The minimum atomic E-state index is -0.872. The number of hydrogen-bond acceptors (Lipinski definition) is 7.